The Kier molecular flexibility index (Phi) is 5.46. The lowest BCUT2D eigenvalue weighted by Crippen LogP contribution is -2.51. The second-order valence-corrected chi connectivity index (χ2v) is 7.12. The average Bonchev–Trinajstić information content (AvgIpc) is 3.22. The molecule has 0 unspecified atom stereocenters. The number of benzene rings is 2. The van der Waals surface area contributed by atoms with Crippen molar-refractivity contribution in [3.63, 3.8) is 0 Å². The van der Waals surface area contributed by atoms with Crippen LogP contribution in [-0.2, 0) is 4.79 Å². The zero-order valence-electron chi connectivity index (χ0n) is 16.6. The lowest BCUT2D eigenvalue weighted by atomic mass is 9.88. The minimum Gasteiger partial charge on any atom is -0.497 e. The highest BCUT2D eigenvalue weighted by atomic mass is 16.5. The molecule has 3 aromatic rings. The minimum absolute atomic E-state index is 0.0299. The van der Waals surface area contributed by atoms with Crippen LogP contribution in [0.3, 0.4) is 0 Å². The maximum absolute atomic E-state index is 12.6. The van der Waals surface area contributed by atoms with Gasteiger partial charge < -0.3 is 15.4 Å². The van der Waals surface area contributed by atoms with Crippen LogP contribution >= 0.6 is 0 Å². The second-order valence-electron chi connectivity index (χ2n) is 7.12. The van der Waals surface area contributed by atoms with Crippen LogP contribution in [0.5, 0.6) is 5.75 Å². The molecule has 3 atom stereocenters. The van der Waals surface area contributed by atoms with Crippen molar-refractivity contribution in [3.8, 4) is 5.75 Å². The molecule has 0 aliphatic carbocycles. The predicted molar refractivity (Wildman–Crippen MR) is 111 cm³/mol. The summed E-state index contributed by atoms with van der Waals surface area (Å²) in [4.78, 5) is 17.0. The van der Waals surface area contributed by atoms with Crippen molar-refractivity contribution in [2.24, 2.45) is 0 Å². The maximum Gasteiger partial charge on any atom is 0.222 e. The van der Waals surface area contributed by atoms with Gasteiger partial charge in [-0.05, 0) is 29.7 Å². The van der Waals surface area contributed by atoms with Crippen LogP contribution in [0.15, 0.2) is 60.9 Å². The molecule has 7 heteroatoms. The molecule has 4 rings (SSSR count). The Morgan fingerprint density at radius 2 is 1.90 bits per heavy atom. The molecular weight excluding hydrogens is 366 g/mol. The van der Waals surface area contributed by atoms with E-state index >= 15 is 0 Å². The Labute approximate surface area is 170 Å². The van der Waals surface area contributed by atoms with Crippen molar-refractivity contribution >= 4 is 11.9 Å². The van der Waals surface area contributed by atoms with Gasteiger partial charge in [0.25, 0.3) is 0 Å². The molecule has 1 aliphatic heterocycles. The third kappa shape index (κ3) is 3.81. The van der Waals surface area contributed by atoms with E-state index in [0.717, 1.165) is 23.3 Å². The van der Waals surface area contributed by atoms with Crippen LogP contribution in [0.1, 0.15) is 43.0 Å². The summed E-state index contributed by atoms with van der Waals surface area (Å²) in [6, 6.07) is 17.4. The number of carbonyl (C=O) groups is 1. The van der Waals surface area contributed by atoms with E-state index < -0.39 is 0 Å². The fourth-order valence-electron chi connectivity index (χ4n) is 3.87. The lowest BCUT2D eigenvalue weighted by molar-refractivity contribution is -0.122. The first-order valence-electron chi connectivity index (χ1n) is 9.85. The minimum atomic E-state index is -0.237. The van der Waals surface area contributed by atoms with Crippen molar-refractivity contribution in [3.05, 3.63) is 72.1 Å². The van der Waals surface area contributed by atoms with Gasteiger partial charge in [0.15, 0.2) is 0 Å². The van der Waals surface area contributed by atoms with Gasteiger partial charge in [-0.25, -0.2) is 4.68 Å². The van der Waals surface area contributed by atoms with Crippen molar-refractivity contribution in [2.45, 2.75) is 37.9 Å². The molecule has 29 heavy (non-hydrogen) atoms. The Balaban J connectivity index is 1.80. The second kappa shape index (κ2) is 8.34. The normalized spacial score (nSPS) is 20.4. The molecule has 1 aliphatic rings. The van der Waals surface area contributed by atoms with Gasteiger partial charge in [0.2, 0.25) is 11.9 Å². The Hall–Kier alpha value is -3.35. The van der Waals surface area contributed by atoms with Gasteiger partial charge in [0, 0.05) is 6.42 Å². The van der Waals surface area contributed by atoms with Gasteiger partial charge in [0.1, 0.15) is 18.1 Å². The van der Waals surface area contributed by atoms with E-state index in [-0.39, 0.29) is 24.0 Å². The molecule has 0 radical (unpaired) electrons. The molecular formula is C22H25N5O2. The molecule has 1 amide bonds. The fourth-order valence-corrected chi connectivity index (χ4v) is 3.87. The van der Waals surface area contributed by atoms with Crippen LogP contribution in [0, 0.1) is 0 Å². The molecule has 0 saturated carbocycles. The van der Waals surface area contributed by atoms with Gasteiger partial charge in [-0.3, -0.25) is 4.79 Å². The van der Waals surface area contributed by atoms with E-state index in [9.17, 15) is 4.79 Å². The fraction of sp³-hybridized carbons (Fsp3) is 0.318. The topological polar surface area (TPSA) is 81.1 Å². The standard InChI is InChI=1S/C22H25N5O2/c1-3-7-18(28)25-20-19(15-8-5-4-6-9-15)26-22-23-14-24-27(22)21(20)16-10-12-17(29-2)13-11-16/h4-6,8-14,19-21H,3,7H2,1-2H3,(H,25,28)(H,23,24,26)/t19-,20-,21+/m1/s1. The number of hydrogen-bond donors (Lipinski definition) is 2. The first kappa shape index (κ1) is 19.0. The third-order valence-corrected chi connectivity index (χ3v) is 5.24. The van der Waals surface area contributed by atoms with Crippen molar-refractivity contribution in [1.29, 1.82) is 0 Å². The molecule has 7 nitrogen and oxygen atoms in total. The molecule has 2 aromatic carbocycles. The van der Waals surface area contributed by atoms with Gasteiger partial charge in [-0.2, -0.15) is 10.1 Å². The van der Waals surface area contributed by atoms with Crippen molar-refractivity contribution in [2.75, 3.05) is 12.4 Å². The number of nitrogens with one attached hydrogen (secondary N) is 2. The molecule has 0 fully saturated rings. The number of aromatic nitrogens is 3. The molecule has 0 bridgehead atoms. The number of nitrogens with zero attached hydrogens (tertiary/aromatic N) is 3. The van der Waals surface area contributed by atoms with Crippen LogP contribution < -0.4 is 15.4 Å². The zero-order valence-corrected chi connectivity index (χ0v) is 16.6. The van der Waals surface area contributed by atoms with E-state index in [1.165, 1.54) is 6.33 Å². The smallest absolute Gasteiger partial charge is 0.222 e. The predicted octanol–water partition coefficient (Wildman–Crippen LogP) is 3.33. The summed E-state index contributed by atoms with van der Waals surface area (Å²) in [5, 5.41) is 11.2. The third-order valence-electron chi connectivity index (χ3n) is 5.24. The van der Waals surface area contributed by atoms with Crippen LogP contribution in [-0.4, -0.2) is 33.8 Å². The zero-order chi connectivity index (χ0) is 20.2. The molecule has 0 spiro atoms. The van der Waals surface area contributed by atoms with E-state index in [4.69, 9.17) is 4.74 Å². The number of ether oxygens (including phenoxy) is 1. The van der Waals surface area contributed by atoms with E-state index in [0.29, 0.717) is 12.4 Å². The summed E-state index contributed by atoms with van der Waals surface area (Å²) >= 11 is 0. The summed E-state index contributed by atoms with van der Waals surface area (Å²) in [5.41, 5.74) is 2.11. The number of methoxy groups -OCH3 is 1. The first-order valence-corrected chi connectivity index (χ1v) is 9.85. The lowest BCUT2D eigenvalue weighted by Gasteiger charge is -2.40. The van der Waals surface area contributed by atoms with Crippen molar-refractivity contribution < 1.29 is 9.53 Å². The Morgan fingerprint density at radius 1 is 1.14 bits per heavy atom. The number of amides is 1. The quantitative estimate of drug-likeness (QED) is 0.674. The van der Waals surface area contributed by atoms with E-state index in [1.807, 2.05) is 54.1 Å². The SMILES string of the molecule is CCCC(=O)N[C@@H]1[C@@H](c2ccccc2)Nc2ncnn2[C@H]1c1ccc(OC)cc1. The molecule has 2 heterocycles. The summed E-state index contributed by atoms with van der Waals surface area (Å²) in [5.74, 6) is 1.50. The highest BCUT2D eigenvalue weighted by molar-refractivity contribution is 5.76. The number of carbonyl (C=O) groups excluding carboxylic acids is 1. The maximum atomic E-state index is 12.6. The van der Waals surface area contributed by atoms with Crippen LogP contribution in [0.25, 0.3) is 0 Å². The molecule has 150 valence electrons. The van der Waals surface area contributed by atoms with Gasteiger partial charge in [0.05, 0.1) is 19.2 Å². The number of hydrogen-bond acceptors (Lipinski definition) is 5. The van der Waals surface area contributed by atoms with E-state index in [2.05, 4.69) is 32.8 Å². The van der Waals surface area contributed by atoms with Gasteiger partial charge in [-0.1, -0.05) is 49.4 Å². The number of rotatable bonds is 6. The highest BCUT2D eigenvalue weighted by Gasteiger charge is 2.40. The van der Waals surface area contributed by atoms with Gasteiger partial charge >= 0.3 is 0 Å². The Morgan fingerprint density at radius 3 is 2.59 bits per heavy atom. The van der Waals surface area contributed by atoms with Crippen LogP contribution in [0.4, 0.5) is 5.95 Å². The summed E-state index contributed by atoms with van der Waals surface area (Å²) in [6.07, 6.45) is 2.82. The van der Waals surface area contributed by atoms with Gasteiger partial charge in [-0.15, -0.1) is 0 Å². The molecule has 0 saturated heterocycles. The monoisotopic (exact) mass is 391 g/mol. The molecule has 1 aromatic heterocycles. The summed E-state index contributed by atoms with van der Waals surface area (Å²) in [6.45, 7) is 2.00. The number of anilines is 1. The van der Waals surface area contributed by atoms with Crippen LogP contribution in [0.2, 0.25) is 0 Å². The first-order chi connectivity index (χ1) is 14.2. The van der Waals surface area contributed by atoms with E-state index in [1.54, 1.807) is 7.11 Å². The molecule has 2 N–H and O–H groups in total. The summed E-state index contributed by atoms with van der Waals surface area (Å²) < 4.78 is 7.15. The van der Waals surface area contributed by atoms with Crippen molar-refractivity contribution in [1.82, 2.24) is 20.1 Å². The average molecular weight is 391 g/mol. The summed E-state index contributed by atoms with van der Waals surface area (Å²) in [7, 11) is 1.65. The number of fused-ring (bicyclic) bond motifs is 1. The highest BCUT2D eigenvalue weighted by Crippen LogP contribution is 2.38. The largest absolute Gasteiger partial charge is 0.497 e. The Bertz CT molecular complexity index is 955.